The minimum atomic E-state index is -3.60. The number of nitro benzene ring substituents is 1. The fourth-order valence-electron chi connectivity index (χ4n) is 1.82. The lowest BCUT2D eigenvalue weighted by atomic mass is 10.2. The third-order valence-electron chi connectivity index (χ3n) is 2.93. The van der Waals surface area contributed by atoms with Crippen LogP contribution in [0.3, 0.4) is 0 Å². The van der Waals surface area contributed by atoms with Crippen LogP contribution in [0.1, 0.15) is 10.9 Å². The molecule has 0 aliphatic heterocycles. The largest absolute Gasteiger partial charge is 0.269 e. The highest BCUT2D eigenvalue weighted by atomic mass is 35.5. The van der Waals surface area contributed by atoms with E-state index in [1.807, 2.05) is 6.07 Å². The van der Waals surface area contributed by atoms with Crippen molar-refractivity contribution in [2.75, 3.05) is 5.75 Å². The van der Waals surface area contributed by atoms with Gasteiger partial charge in [-0.05, 0) is 17.7 Å². The molecule has 0 saturated heterocycles. The predicted octanol–water partition coefficient (Wildman–Crippen LogP) is 3.35. The van der Waals surface area contributed by atoms with Crippen molar-refractivity contribution in [3.63, 3.8) is 0 Å². The second-order valence-electron chi connectivity index (χ2n) is 4.41. The Morgan fingerprint density at radius 2 is 1.62 bits per heavy atom. The third kappa shape index (κ3) is 3.80. The van der Waals surface area contributed by atoms with Gasteiger partial charge in [-0.1, -0.05) is 30.3 Å². The molecule has 1 atom stereocenters. The van der Waals surface area contributed by atoms with Crippen molar-refractivity contribution < 1.29 is 13.3 Å². The SMILES string of the molecule is O=[N+]([O-])c1ccc(S(=O)(=O)CC(Cl)c2ccccc2)cc1. The standard InChI is InChI=1S/C14H12ClNO4S/c15-14(11-4-2-1-3-5-11)10-21(19,20)13-8-6-12(7-9-13)16(17)18/h1-9,14H,10H2. The summed E-state index contributed by atoms with van der Waals surface area (Å²) in [6.45, 7) is 0. The summed E-state index contributed by atoms with van der Waals surface area (Å²) in [5.74, 6) is -0.267. The van der Waals surface area contributed by atoms with E-state index in [0.29, 0.717) is 5.56 Å². The number of benzene rings is 2. The van der Waals surface area contributed by atoms with Crippen LogP contribution in [0.25, 0.3) is 0 Å². The first-order chi connectivity index (χ1) is 9.90. The van der Waals surface area contributed by atoms with Crippen LogP contribution in [0, 0.1) is 10.1 Å². The van der Waals surface area contributed by atoms with E-state index in [1.165, 1.54) is 24.3 Å². The Labute approximate surface area is 127 Å². The van der Waals surface area contributed by atoms with Gasteiger partial charge in [0.2, 0.25) is 0 Å². The summed E-state index contributed by atoms with van der Waals surface area (Å²) in [5, 5.41) is 9.89. The first kappa shape index (κ1) is 15.5. The van der Waals surface area contributed by atoms with Gasteiger partial charge in [-0.3, -0.25) is 10.1 Å². The number of alkyl halides is 1. The molecule has 110 valence electrons. The van der Waals surface area contributed by atoms with Gasteiger partial charge in [-0.2, -0.15) is 0 Å². The average Bonchev–Trinajstić information content (AvgIpc) is 2.48. The number of halogens is 1. The highest BCUT2D eigenvalue weighted by molar-refractivity contribution is 7.91. The van der Waals surface area contributed by atoms with Crippen LogP contribution in [0.4, 0.5) is 5.69 Å². The third-order valence-corrected chi connectivity index (χ3v) is 5.29. The molecule has 2 aromatic rings. The van der Waals surface area contributed by atoms with Gasteiger partial charge in [0.1, 0.15) is 0 Å². The van der Waals surface area contributed by atoms with E-state index in [-0.39, 0.29) is 16.3 Å². The molecule has 0 amide bonds. The van der Waals surface area contributed by atoms with E-state index in [9.17, 15) is 18.5 Å². The van der Waals surface area contributed by atoms with E-state index in [0.717, 1.165) is 0 Å². The van der Waals surface area contributed by atoms with Crippen LogP contribution in [0.15, 0.2) is 59.5 Å². The van der Waals surface area contributed by atoms with Crippen molar-refractivity contribution in [1.82, 2.24) is 0 Å². The van der Waals surface area contributed by atoms with Crippen molar-refractivity contribution in [1.29, 1.82) is 0 Å². The zero-order valence-corrected chi connectivity index (χ0v) is 12.4. The summed E-state index contributed by atoms with van der Waals surface area (Å²) in [6, 6.07) is 13.7. The number of hydrogen-bond acceptors (Lipinski definition) is 4. The van der Waals surface area contributed by atoms with E-state index in [1.54, 1.807) is 24.3 Å². The Hall–Kier alpha value is -1.92. The van der Waals surface area contributed by atoms with Crippen LogP contribution in [0.2, 0.25) is 0 Å². The lowest BCUT2D eigenvalue weighted by Gasteiger charge is -2.10. The highest BCUT2D eigenvalue weighted by Crippen LogP contribution is 2.26. The molecule has 2 aromatic carbocycles. The molecule has 0 N–H and O–H groups in total. The number of rotatable bonds is 5. The van der Waals surface area contributed by atoms with Gasteiger partial charge in [-0.25, -0.2) is 8.42 Å². The van der Waals surface area contributed by atoms with Crippen LogP contribution in [-0.2, 0) is 9.84 Å². The van der Waals surface area contributed by atoms with Gasteiger partial charge >= 0.3 is 0 Å². The molecule has 21 heavy (non-hydrogen) atoms. The molecule has 2 rings (SSSR count). The molecule has 0 aromatic heterocycles. The van der Waals surface area contributed by atoms with Crippen LogP contribution < -0.4 is 0 Å². The number of hydrogen-bond donors (Lipinski definition) is 0. The molecule has 5 nitrogen and oxygen atoms in total. The normalized spacial score (nSPS) is 12.8. The monoisotopic (exact) mass is 325 g/mol. The van der Waals surface area contributed by atoms with Gasteiger partial charge in [-0.15, -0.1) is 11.6 Å². The Morgan fingerprint density at radius 1 is 1.05 bits per heavy atom. The van der Waals surface area contributed by atoms with Gasteiger partial charge < -0.3 is 0 Å². The van der Waals surface area contributed by atoms with Crippen molar-refractivity contribution in [2.45, 2.75) is 10.3 Å². The quantitative estimate of drug-likeness (QED) is 0.480. The van der Waals surface area contributed by atoms with Crippen molar-refractivity contribution >= 4 is 27.1 Å². The molecule has 7 heteroatoms. The molecule has 0 saturated carbocycles. The second-order valence-corrected chi connectivity index (χ2v) is 6.97. The van der Waals surface area contributed by atoms with E-state index >= 15 is 0 Å². The lowest BCUT2D eigenvalue weighted by Crippen LogP contribution is -2.11. The fourth-order valence-corrected chi connectivity index (χ4v) is 3.79. The molecule has 0 fully saturated rings. The van der Waals surface area contributed by atoms with Crippen molar-refractivity contribution in [3.05, 3.63) is 70.3 Å². The Balaban J connectivity index is 2.20. The van der Waals surface area contributed by atoms with Crippen LogP contribution >= 0.6 is 11.6 Å². The fraction of sp³-hybridized carbons (Fsp3) is 0.143. The molecule has 0 radical (unpaired) electrons. The molecule has 0 aliphatic carbocycles. The highest BCUT2D eigenvalue weighted by Gasteiger charge is 2.21. The van der Waals surface area contributed by atoms with E-state index in [4.69, 9.17) is 11.6 Å². The zero-order valence-electron chi connectivity index (χ0n) is 10.8. The minimum Gasteiger partial charge on any atom is -0.258 e. The molecular formula is C14H12ClNO4S. The maximum atomic E-state index is 12.2. The van der Waals surface area contributed by atoms with Crippen LogP contribution in [0.5, 0.6) is 0 Å². The summed E-state index contributed by atoms with van der Waals surface area (Å²) in [4.78, 5) is 10.0. The topological polar surface area (TPSA) is 77.3 Å². The summed E-state index contributed by atoms with van der Waals surface area (Å²) in [5.41, 5.74) is 0.559. The zero-order chi connectivity index (χ0) is 15.5. The number of sulfone groups is 1. The lowest BCUT2D eigenvalue weighted by molar-refractivity contribution is -0.384. The smallest absolute Gasteiger partial charge is 0.258 e. The summed E-state index contributed by atoms with van der Waals surface area (Å²) in [6.07, 6.45) is 0. The summed E-state index contributed by atoms with van der Waals surface area (Å²) >= 11 is 6.13. The molecule has 0 bridgehead atoms. The Morgan fingerprint density at radius 3 is 2.14 bits per heavy atom. The Bertz CT molecular complexity index is 729. The molecule has 1 unspecified atom stereocenters. The van der Waals surface area contributed by atoms with Crippen molar-refractivity contribution in [2.24, 2.45) is 0 Å². The van der Waals surface area contributed by atoms with Gasteiger partial charge in [0, 0.05) is 12.1 Å². The first-order valence-corrected chi connectivity index (χ1v) is 8.15. The predicted molar refractivity (Wildman–Crippen MR) is 80.2 cm³/mol. The molecule has 0 aliphatic rings. The number of nitrogens with zero attached hydrogens (tertiary/aromatic N) is 1. The molecule has 0 heterocycles. The maximum Gasteiger partial charge on any atom is 0.269 e. The summed E-state index contributed by atoms with van der Waals surface area (Å²) in [7, 11) is -3.60. The van der Waals surface area contributed by atoms with E-state index in [2.05, 4.69) is 0 Å². The second kappa shape index (κ2) is 6.24. The minimum absolute atomic E-state index is 0.0229. The van der Waals surface area contributed by atoms with Crippen molar-refractivity contribution in [3.8, 4) is 0 Å². The molecule has 0 spiro atoms. The number of non-ortho nitro benzene ring substituents is 1. The first-order valence-electron chi connectivity index (χ1n) is 6.06. The average molecular weight is 326 g/mol. The van der Waals surface area contributed by atoms with E-state index < -0.39 is 20.1 Å². The van der Waals surface area contributed by atoms with Gasteiger partial charge in [0.25, 0.3) is 5.69 Å². The number of nitro groups is 1. The van der Waals surface area contributed by atoms with Gasteiger partial charge in [0.05, 0.1) is 20.9 Å². The van der Waals surface area contributed by atoms with Gasteiger partial charge in [0.15, 0.2) is 9.84 Å². The summed E-state index contributed by atoms with van der Waals surface area (Å²) < 4.78 is 24.5. The maximum absolute atomic E-state index is 12.2. The molecular weight excluding hydrogens is 314 g/mol. The Kier molecular flexibility index (Phi) is 4.59. The van der Waals surface area contributed by atoms with Crippen LogP contribution in [-0.4, -0.2) is 19.1 Å².